The van der Waals surface area contributed by atoms with Crippen LogP contribution < -0.4 is 0 Å². The van der Waals surface area contributed by atoms with Crippen LogP contribution in [0.2, 0.25) is 0 Å². The number of aryl methyl sites for hydroxylation is 1. The summed E-state index contributed by atoms with van der Waals surface area (Å²) in [5.41, 5.74) is 1.82. The molecule has 0 aromatic carbocycles. The van der Waals surface area contributed by atoms with Gasteiger partial charge in [0.25, 0.3) is 0 Å². The Labute approximate surface area is 99.0 Å². The Morgan fingerprint density at radius 1 is 1.25 bits per heavy atom. The van der Waals surface area contributed by atoms with E-state index in [9.17, 15) is 4.79 Å². The van der Waals surface area contributed by atoms with E-state index in [2.05, 4.69) is 4.98 Å². The molecule has 0 saturated carbocycles. The molecule has 2 heterocycles. The molecule has 0 atom stereocenters. The average molecular weight is 231 g/mol. The lowest BCUT2D eigenvalue weighted by Gasteiger charge is -2.00. The van der Waals surface area contributed by atoms with Gasteiger partial charge in [0.2, 0.25) is 0 Å². The lowest BCUT2D eigenvalue weighted by Crippen LogP contribution is -2.07. The molecular weight excluding hydrogens is 218 g/mol. The minimum Gasteiger partial charge on any atom is -0.299 e. The summed E-state index contributed by atoms with van der Waals surface area (Å²) >= 11 is 1.62. The molecule has 0 N–H and O–H groups in total. The first-order valence-electron chi connectivity index (χ1n) is 5.20. The van der Waals surface area contributed by atoms with Gasteiger partial charge in [-0.3, -0.25) is 9.78 Å². The van der Waals surface area contributed by atoms with Crippen LogP contribution in [0.5, 0.6) is 0 Å². The van der Waals surface area contributed by atoms with Crippen LogP contribution in [0.1, 0.15) is 16.3 Å². The van der Waals surface area contributed by atoms with Gasteiger partial charge in [-0.2, -0.15) is 0 Å². The molecular formula is C13H13NOS. The van der Waals surface area contributed by atoms with E-state index < -0.39 is 0 Å². The molecule has 0 spiro atoms. The van der Waals surface area contributed by atoms with Crippen LogP contribution in [0.15, 0.2) is 35.7 Å². The van der Waals surface area contributed by atoms with Gasteiger partial charge in [-0.1, -0.05) is 12.1 Å². The standard InChI is InChI=1S/C13H13NOS/c1-10-4-2-5-11(14-10)8-12(15)9-13-6-3-7-16-13/h2-7H,8-9H2,1H3. The molecule has 0 radical (unpaired) electrons. The minimum absolute atomic E-state index is 0.223. The van der Waals surface area contributed by atoms with Crippen LogP contribution in [0, 0.1) is 6.92 Å². The number of hydrogen-bond donors (Lipinski definition) is 0. The third-order valence-electron chi connectivity index (χ3n) is 2.28. The lowest BCUT2D eigenvalue weighted by atomic mass is 10.1. The highest BCUT2D eigenvalue weighted by atomic mass is 32.1. The highest BCUT2D eigenvalue weighted by Gasteiger charge is 2.06. The quantitative estimate of drug-likeness (QED) is 0.810. The smallest absolute Gasteiger partial charge is 0.144 e. The molecule has 0 unspecified atom stereocenters. The first-order valence-corrected chi connectivity index (χ1v) is 6.08. The normalized spacial score (nSPS) is 10.3. The van der Waals surface area contributed by atoms with Gasteiger partial charge in [0.1, 0.15) is 5.78 Å². The molecule has 0 bridgehead atoms. The Hall–Kier alpha value is -1.48. The summed E-state index contributed by atoms with van der Waals surface area (Å²) in [7, 11) is 0. The second-order valence-electron chi connectivity index (χ2n) is 3.74. The van der Waals surface area contributed by atoms with E-state index in [1.807, 2.05) is 42.6 Å². The second kappa shape index (κ2) is 5.03. The Balaban J connectivity index is 1.97. The molecule has 16 heavy (non-hydrogen) atoms. The van der Waals surface area contributed by atoms with Gasteiger partial charge in [-0.25, -0.2) is 0 Å². The van der Waals surface area contributed by atoms with Crippen molar-refractivity contribution in [2.75, 3.05) is 0 Å². The molecule has 0 aliphatic heterocycles. The summed E-state index contributed by atoms with van der Waals surface area (Å²) in [4.78, 5) is 17.2. The molecule has 2 nitrogen and oxygen atoms in total. The van der Waals surface area contributed by atoms with E-state index >= 15 is 0 Å². The number of hydrogen-bond acceptors (Lipinski definition) is 3. The molecule has 2 rings (SSSR count). The fraction of sp³-hybridized carbons (Fsp3) is 0.231. The number of thiophene rings is 1. The zero-order valence-electron chi connectivity index (χ0n) is 9.14. The summed E-state index contributed by atoms with van der Waals surface area (Å²) in [5, 5.41) is 1.99. The van der Waals surface area contributed by atoms with Crippen LogP contribution in [-0.4, -0.2) is 10.8 Å². The van der Waals surface area contributed by atoms with Gasteiger partial charge in [-0.15, -0.1) is 11.3 Å². The zero-order valence-corrected chi connectivity index (χ0v) is 9.96. The maximum absolute atomic E-state index is 11.8. The maximum Gasteiger partial charge on any atom is 0.144 e. The predicted octanol–water partition coefficient (Wildman–Crippen LogP) is 2.81. The summed E-state index contributed by atoms with van der Waals surface area (Å²) in [6.07, 6.45) is 0.951. The number of nitrogens with zero attached hydrogens (tertiary/aromatic N) is 1. The number of rotatable bonds is 4. The highest BCUT2D eigenvalue weighted by molar-refractivity contribution is 7.10. The monoisotopic (exact) mass is 231 g/mol. The van der Waals surface area contributed by atoms with Crippen LogP contribution in [0.3, 0.4) is 0 Å². The third kappa shape index (κ3) is 3.00. The van der Waals surface area contributed by atoms with Crippen molar-refractivity contribution in [2.24, 2.45) is 0 Å². The fourth-order valence-electron chi connectivity index (χ4n) is 1.57. The van der Waals surface area contributed by atoms with Crippen molar-refractivity contribution >= 4 is 17.1 Å². The van der Waals surface area contributed by atoms with Crippen molar-refractivity contribution in [1.82, 2.24) is 4.98 Å². The zero-order chi connectivity index (χ0) is 11.4. The van der Waals surface area contributed by atoms with Gasteiger partial charge >= 0.3 is 0 Å². The average Bonchev–Trinajstić information content (AvgIpc) is 2.70. The van der Waals surface area contributed by atoms with Gasteiger partial charge in [0, 0.05) is 29.1 Å². The van der Waals surface area contributed by atoms with E-state index in [-0.39, 0.29) is 5.78 Å². The van der Waals surface area contributed by atoms with Crippen molar-refractivity contribution in [3.05, 3.63) is 52.0 Å². The summed E-state index contributed by atoms with van der Waals surface area (Å²) in [6.45, 7) is 1.94. The molecule has 0 aliphatic carbocycles. The van der Waals surface area contributed by atoms with Gasteiger partial charge in [0.05, 0.1) is 0 Å². The molecule has 2 aromatic rings. The van der Waals surface area contributed by atoms with Crippen molar-refractivity contribution < 1.29 is 4.79 Å². The summed E-state index contributed by atoms with van der Waals surface area (Å²) in [6, 6.07) is 9.74. The van der Waals surface area contributed by atoms with E-state index in [4.69, 9.17) is 0 Å². The first-order chi connectivity index (χ1) is 7.74. The van der Waals surface area contributed by atoms with Crippen LogP contribution in [-0.2, 0) is 17.6 Å². The van der Waals surface area contributed by atoms with Crippen LogP contribution >= 0.6 is 11.3 Å². The molecule has 0 aliphatic rings. The highest BCUT2D eigenvalue weighted by Crippen LogP contribution is 2.10. The predicted molar refractivity (Wildman–Crippen MR) is 65.7 cm³/mol. The van der Waals surface area contributed by atoms with E-state index in [0.29, 0.717) is 12.8 Å². The van der Waals surface area contributed by atoms with Gasteiger partial charge < -0.3 is 0 Å². The number of carbonyl (C=O) groups is 1. The molecule has 2 aromatic heterocycles. The number of aromatic nitrogens is 1. The summed E-state index contributed by atoms with van der Waals surface area (Å²) < 4.78 is 0. The molecule has 82 valence electrons. The van der Waals surface area contributed by atoms with Crippen LogP contribution in [0.4, 0.5) is 0 Å². The van der Waals surface area contributed by atoms with Crippen molar-refractivity contribution in [3.8, 4) is 0 Å². The second-order valence-corrected chi connectivity index (χ2v) is 4.77. The minimum atomic E-state index is 0.223. The van der Waals surface area contributed by atoms with Gasteiger partial charge in [0.15, 0.2) is 0 Å². The Morgan fingerprint density at radius 2 is 2.12 bits per heavy atom. The maximum atomic E-state index is 11.8. The largest absolute Gasteiger partial charge is 0.299 e. The number of Topliss-reactive ketones (excluding diaryl/α,β-unsaturated/α-hetero) is 1. The number of ketones is 1. The number of carbonyl (C=O) groups excluding carboxylic acids is 1. The van der Waals surface area contributed by atoms with E-state index in [1.54, 1.807) is 11.3 Å². The van der Waals surface area contributed by atoms with Crippen LogP contribution in [0.25, 0.3) is 0 Å². The van der Waals surface area contributed by atoms with Gasteiger partial charge in [-0.05, 0) is 30.5 Å². The Kier molecular flexibility index (Phi) is 3.47. The molecule has 3 heteroatoms. The van der Waals surface area contributed by atoms with Crippen molar-refractivity contribution in [2.45, 2.75) is 19.8 Å². The molecule has 0 saturated heterocycles. The Morgan fingerprint density at radius 3 is 2.81 bits per heavy atom. The SMILES string of the molecule is Cc1cccc(CC(=O)Cc2cccs2)n1. The number of pyridine rings is 1. The molecule has 0 amide bonds. The fourth-order valence-corrected chi connectivity index (χ4v) is 2.30. The van der Waals surface area contributed by atoms with Crippen molar-refractivity contribution in [1.29, 1.82) is 0 Å². The summed E-state index contributed by atoms with van der Waals surface area (Å²) in [5.74, 6) is 0.223. The van der Waals surface area contributed by atoms with E-state index in [0.717, 1.165) is 16.3 Å². The van der Waals surface area contributed by atoms with E-state index in [1.165, 1.54) is 0 Å². The van der Waals surface area contributed by atoms with Crippen molar-refractivity contribution in [3.63, 3.8) is 0 Å². The molecule has 0 fully saturated rings. The Bertz CT molecular complexity index is 476. The lowest BCUT2D eigenvalue weighted by molar-refractivity contribution is -0.117. The first kappa shape index (κ1) is 11.0. The third-order valence-corrected chi connectivity index (χ3v) is 3.15. The topological polar surface area (TPSA) is 30.0 Å².